The van der Waals surface area contributed by atoms with Crippen LogP contribution in [0.5, 0.6) is 0 Å². The van der Waals surface area contributed by atoms with Gasteiger partial charge in [0.1, 0.15) is 0 Å². The van der Waals surface area contributed by atoms with Crippen LogP contribution >= 0.6 is 11.6 Å². The molecule has 1 heterocycles. The van der Waals surface area contributed by atoms with E-state index >= 15 is 0 Å². The van der Waals surface area contributed by atoms with Crippen LogP contribution in [0.4, 0.5) is 11.4 Å². The Bertz CT molecular complexity index is 1040. The quantitative estimate of drug-likeness (QED) is 0.509. The van der Waals surface area contributed by atoms with Gasteiger partial charge in [-0.05, 0) is 61.9 Å². The summed E-state index contributed by atoms with van der Waals surface area (Å²) in [6, 6.07) is 12.8. The van der Waals surface area contributed by atoms with Crippen LogP contribution < -0.4 is 14.9 Å². The number of rotatable bonds is 10. The first-order valence-corrected chi connectivity index (χ1v) is 12.2. The molecule has 172 valence electrons. The number of carbonyl (C=O) groups excluding carboxylic acids is 2. The van der Waals surface area contributed by atoms with E-state index in [1.54, 1.807) is 29.2 Å². The van der Waals surface area contributed by atoms with Crippen LogP contribution in [0.3, 0.4) is 0 Å². The van der Waals surface area contributed by atoms with Crippen molar-refractivity contribution in [3.05, 3.63) is 53.6 Å². The van der Waals surface area contributed by atoms with Crippen molar-refractivity contribution < 1.29 is 22.7 Å². The molecule has 10 heteroatoms. The lowest BCUT2D eigenvalue weighted by Gasteiger charge is -2.17. The normalized spacial score (nSPS) is 16.4. The number of carbonyl (C=O) groups is 2. The molecule has 1 aliphatic rings. The predicted octanol–water partition coefficient (Wildman–Crippen LogP) is 3.04. The Balaban J connectivity index is 1.55. The van der Waals surface area contributed by atoms with Gasteiger partial charge in [-0.3, -0.25) is 9.59 Å². The largest absolute Gasteiger partial charge is 0.382 e. The van der Waals surface area contributed by atoms with Crippen LogP contribution in [-0.2, 0) is 24.3 Å². The minimum Gasteiger partial charge on any atom is -0.382 e. The van der Waals surface area contributed by atoms with Gasteiger partial charge in [-0.2, -0.15) is 0 Å². The second kappa shape index (κ2) is 10.9. The molecule has 3 rings (SSSR count). The van der Waals surface area contributed by atoms with Gasteiger partial charge in [-0.1, -0.05) is 11.6 Å². The average Bonchev–Trinajstić information content (AvgIpc) is 3.16. The molecule has 1 aliphatic heterocycles. The van der Waals surface area contributed by atoms with E-state index in [9.17, 15) is 18.0 Å². The average molecular weight is 480 g/mol. The van der Waals surface area contributed by atoms with Gasteiger partial charge in [0.2, 0.25) is 21.8 Å². The monoisotopic (exact) mass is 479 g/mol. The summed E-state index contributed by atoms with van der Waals surface area (Å²) in [4.78, 5) is 26.7. The molecular formula is C22H26ClN3O5S. The van der Waals surface area contributed by atoms with E-state index in [0.29, 0.717) is 36.0 Å². The molecule has 0 aliphatic carbocycles. The minimum absolute atomic E-state index is 0.104. The summed E-state index contributed by atoms with van der Waals surface area (Å²) >= 11 is 5.89. The lowest BCUT2D eigenvalue weighted by Crippen LogP contribution is -2.28. The fourth-order valence-electron chi connectivity index (χ4n) is 3.32. The Kier molecular flexibility index (Phi) is 8.25. The molecule has 1 atom stereocenters. The maximum atomic E-state index is 12.6. The molecule has 2 N–H and O–H groups in total. The summed E-state index contributed by atoms with van der Waals surface area (Å²) in [5.74, 6) is -0.933. The molecule has 32 heavy (non-hydrogen) atoms. The maximum Gasteiger partial charge on any atom is 0.240 e. The van der Waals surface area contributed by atoms with Crippen molar-refractivity contribution in [1.82, 2.24) is 4.72 Å². The molecule has 0 saturated carbocycles. The van der Waals surface area contributed by atoms with E-state index < -0.39 is 15.9 Å². The summed E-state index contributed by atoms with van der Waals surface area (Å²) in [5, 5.41) is 3.33. The Labute approximate surface area is 192 Å². The van der Waals surface area contributed by atoms with Gasteiger partial charge in [-0.15, -0.1) is 0 Å². The zero-order valence-electron chi connectivity index (χ0n) is 17.7. The van der Waals surface area contributed by atoms with E-state index in [-0.39, 0.29) is 36.2 Å². The molecule has 0 aromatic heterocycles. The van der Waals surface area contributed by atoms with Crippen molar-refractivity contribution in [2.45, 2.75) is 24.7 Å². The summed E-state index contributed by atoms with van der Waals surface area (Å²) in [5.41, 5.74) is 1.15. The highest BCUT2D eigenvalue weighted by Crippen LogP contribution is 2.27. The maximum absolute atomic E-state index is 12.6. The van der Waals surface area contributed by atoms with Crippen molar-refractivity contribution in [1.29, 1.82) is 0 Å². The van der Waals surface area contributed by atoms with Crippen molar-refractivity contribution >= 4 is 44.8 Å². The molecular weight excluding hydrogens is 454 g/mol. The van der Waals surface area contributed by atoms with Crippen LogP contribution in [0.2, 0.25) is 5.02 Å². The Morgan fingerprint density at radius 1 is 1.16 bits per heavy atom. The van der Waals surface area contributed by atoms with Gasteiger partial charge in [0.25, 0.3) is 0 Å². The van der Waals surface area contributed by atoms with Crippen molar-refractivity contribution in [2.75, 3.05) is 36.5 Å². The van der Waals surface area contributed by atoms with Gasteiger partial charge >= 0.3 is 0 Å². The second-order valence-corrected chi connectivity index (χ2v) is 9.55. The third-order valence-corrected chi connectivity index (χ3v) is 6.76. The number of nitrogens with zero attached hydrogens (tertiary/aromatic N) is 1. The SMILES string of the molecule is CCOCCCNS(=O)(=O)c1ccc(NC(=O)C2CC(=O)N(c3ccc(Cl)cc3)C2)cc1. The lowest BCUT2D eigenvalue weighted by molar-refractivity contribution is -0.122. The zero-order chi connectivity index (χ0) is 23.1. The molecule has 1 saturated heterocycles. The lowest BCUT2D eigenvalue weighted by atomic mass is 10.1. The number of anilines is 2. The van der Waals surface area contributed by atoms with Gasteiger partial charge in [0.15, 0.2) is 0 Å². The minimum atomic E-state index is -3.64. The zero-order valence-corrected chi connectivity index (χ0v) is 19.3. The standard InChI is InChI=1S/C22H26ClN3O5S/c1-2-31-13-3-12-24-32(29,30)20-10-6-18(7-11-20)25-22(28)16-14-21(27)26(15-16)19-8-4-17(23)5-9-19/h4-11,16,24H,2-3,12-15H2,1H3,(H,25,28). The van der Waals surface area contributed by atoms with Crippen molar-refractivity contribution in [2.24, 2.45) is 5.92 Å². The summed E-state index contributed by atoms with van der Waals surface area (Å²) < 4.78 is 32.4. The van der Waals surface area contributed by atoms with Crippen molar-refractivity contribution in [3.8, 4) is 0 Å². The molecule has 0 spiro atoms. The van der Waals surface area contributed by atoms with Gasteiger partial charge < -0.3 is 15.0 Å². The number of ether oxygens (including phenoxy) is 1. The highest BCUT2D eigenvalue weighted by molar-refractivity contribution is 7.89. The number of hydrogen-bond acceptors (Lipinski definition) is 5. The van der Waals surface area contributed by atoms with E-state index in [4.69, 9.17) is 16.3 Å². The fourth-order valence-corrected chi connectivity index (χ4v) is 4.52. The molecule has 0 bridgehead atoms. The highest BCUT2D eigenvalue weighted by atomic mass is 35.5. The topological polar surface area (TPSA) is 105 Å². The number of amides is 2. The van der Waals surface area contributed by atoms with E-state index in [1.165, 1.54) is 24.3 Å². The van der Waals surface area contributed by atoms with E-state index in [0.717, 1.165) is 0 Å². The molecule has 8 nitrogen and oxygen atoms in total. The Morgan fingerprint density at radius 3 is 2.50 bits per heavy atom. The van der Waals surface area contributed by atoms with Crippen LogP contribution in [0.15, 0.2) is 53.4 Å². The van der Waals surface area contributed by atoms with Crippen LogP contribution in [0.1, 0.15) is 19.8 Å². The van der Waals surface area contributed by atoms with Crippen LogP contribution in [0, 0.1) is 5.92 Å². The number of nitrogens with one attached hydrogen (secondary N) is 2. The molecule has 2 amide bonds. The first kappa shape index (κ1) is 24.2. The number of hydrogen-bond donors (Lipinski definition) is 2. The van der Waals surface area contributed by atoms with Crippen LogP contribution in [0.25, 0.3) is 0 Å². The molecule has 1 fully saturated rings. The van der Waals surface area contributed by atoms with Gasteiger partial charge in [0, 0.05) is 49.1 Å². The van der Waals surface area contributed by atoms with E-state index in [1.807, 2.05) is 6.92 Å². The summed E-state index contributed by atoms with van der Waals surface area (Å²) in [6.07, 6.45) is 0.681. The fraction of sp³-hybridized carbons (Fsp3) is 0.364. The number of sulfonamides is 1. The molecule has 1 unspecified atom stereocenters. The van der Waals surface area contributed by atoms with Crippen LogP contribution in [-0.4, -0.2) is 46.5 Å². The third-order valence-electron chi connectivity index (χ3n) is 5.03. The summed E-state index contributed by atoms with van der Waals surface area (Å²) in [6.45, 7) is 3.51. The Morgan fingerprint density at radius 2 is 1.84 bits per heavy atom. The Hall–Kier alpha value is -2.46. The molecule has 2 aromatic carbocycles. The van der Waals surface area contributed by atoms with Crippen molar-refractivity contribution in [3.63, 3.8) is 0 Å². The first-order chi connectivity index (χ1) is 15.3. The van der Waals surface area contributed by atoms with Gasteiger partial charge in [-0.25, -0.2) is 13.1 Å². The second-order valence-electron chi connectivity index (χ2n) is 7.34. The number of halogens is 1. The third kappa shape index (κ3) is 6.29. The summed E-state index contributed by atoms with van der Waals surface area (Å²) in [7, 11) is -3.64. The molecule has 0 radical (unpaired) electrons. The van der Waals surface area contributed by atoms with Gasteiger partial charge in [0.05, 0.1) is 10.8 Å². The predicted molar refractivity (Wildman–Crippen MR) is 123 cm³/mol. The molecule has 2 aromatic rings. The van der Waals surface area contributed by atoms with E-state index in [2.05, 4.69) is 10.0 Å². The highest BCUT2D eigenvalue weighted by Gasteiger charge is 2.35. The first-order valence-electron chi connectivity index (χ1n) is 10.3. The number of benzene rings is 2. The smallest absolute Gasteiger partial charge is 0.240 e.